The first-order chi connectivity index (χ1) is 16.3. The number of hydrogen-bond donors (Lipinski definition) is 0. The van der Waals surface area contributed by atoms with Gasteiger partial charge in [-0.15, -0.1) is 0 Å². The summed E-state index contributed by atoms with van der Waals surface area (Å²) in [5.41, 5.74) is 11.7. The molecule has 6 rings (SSSR count). The van der Waals surface area contributed by atoms with Crippen LogP contribution in [0.25, 0.3) is 11.1 Å². The van der Waals surface area contributed by atoms with Gasteiger partial charge in [0.25, 0.3) is 0 Å². The normalized spacial score (nSPS) is 13.4. The Labute approximate surface area is 196 Å². The summed E-state index contributed by atoms with van der Waals surface area (Å²) in [6, 6.07) is 47.0. The van der Waals surface area contributed by atoms with Gasteiger partial charge in [-0.3, -0.25) is 0 Å². The first-order valence-corrected chi connectivity index (χ1v) is 11.7. The predicted octanol–water partition coefficient (Wildman–Crippen LogP) is 7.95. The van der Waals surface area contributed by atoms with Gasteiger partial charge in [0.2, 0.25) is 0 Å². The molecule has 1 aliphatic carbocycles. The number of hydrogen-bond acceptors (Lipinski definition) is 0. The molecule has 0 heterocycles. The molecular formula is C33H26. The Morgan fingerprint density at radius 3 is 1.48 bits per heavy atom. The highest BCUT2D eigenvalue weighted by molar-refractivity contribution is 5.86. The lowest BCUT2D eigenvalue weighted by molar-refractivity contribution is 0.767. The van der Waals surface area contributed by atoms with Crippen LogP contribution >= 0.6 is 0 Å². The molecule has 5 aromatic rings. The lowest BCUT2D eigenvalue weighted by atomic mass is 9.67. The molecule has 0 aliphatic heterocycles. The zero-order valence-electron chi connectivity index (χ0n) is 18.8. The average molecular weight is 423 g/mol. The number of benzene rings is 5. The van der Waals surface area contributed by atoms with Crippen molar-refractivity contribution >= 4 is 0 Å². The van der Waals surface area contributed by atoms with Crippen molar-refractivity contribution in [3.8, 4) is 11.1 Å². The highest BCUT2D eigenvalue weighted by atomic mass is 14.5. The van der Waals surface area contributed by atoms with Crippen molar-refractivity contribution in [2.75, 3.05) is 0 Å². The predicted molar refractivity (Wildman–Crippen MR) is 138 cm³/mol. The van der Waals surface area contributed by atoms with Crippen molar-refractivity contribution < 1.29 is 0 Å². The van der Waals surface area contributed by atoms with E-state index < -0.39 is 0 Å². The van der Waals surface area contributed by atoms with Crippen LogP contribution in [0.15, 0.2) is 127 Å². The summed E-state index contributed by atoms with van der Waals surface area (Å²) in [5, 5.41) is 0. The molecule has 0 bridgehead atoms. The van der Waals surface area contributed by atoms with Crippen LogP contribution in [0.4, 0.5) is 0 Å². The van der Waals surface area contributed by atoms with E-state index in [2.05, 4.69) is 134 Å². The van der Waals surface area contributed by atoms with E-state index in [0.29, 0.717) is 0 Å². The molecule has 0 radical (unpaired) electrons. The minimum atomic E-state index is -0.309. The van der Waals surface area contributed by atoms with Gasteiger partial charge in [-0.05, 0) is 57.9 Å². The summed E-state index contributed by atoms with van der Waals surface area (Å²) >= 11 is 0. The summed E-state index contributed by atoms with van der Waals surface area (Å²) < 4.78 is 0. The van der Waals surface area contributed by atoms with Crippen LogP contribution < -0.4 is 0 Å². The van der Waals surface area contributed by atoms with Crippen molar-refractivity contribution in [3.05, 3.63) is 166 Å². The summed E-state index contributed by atoms with van der Waals surface area (Å²) in [6.07, 6.45) is 0.950. The smallest absolute Gasteiger partial charge is 0.0622 e. The molecule has 0 unspecified atom stereocenters. The molecule has 0 fully saturated rings. The van der Waals surface area contributed by atoms with Gasteiger partial charge in [-0.1, -0.05) is 133 Å². The van der Waals surface area contributed by atoms with E-state index in [9.17, 15) is 0 Å². The zero-order chi connectivity index (χ0) is 22.3. The minimum absolute atomic E-state index is 0.309. The van der Waals surface area contributed by atoms with Crippen LogP contribution in [-0.4, -0.2) is 0 Å². The number of fused-ring (bicyclic) bond motifs is 3. The first-order valence-electron chi connectivity index (χ1n) is 11.7. The van der Waals surface area contributed by atoms with Crippen molar-refractivity contribution in [2.45, 2.75) is 18.8 Å². The maximum absolute atomic E-state index is 2.34. The fourth-order valence-corrected chi connectivity index (χ4v) is 5.53. The number of aryl methyl sites for hydroxylation is 1. The van der Waals surface area contributed by atoms with E-state index in [1.54, 1.807) is 0 Å². The fourth-order valence-electron chi connectivity index (χ4n) is 5.53. The molecule has 158 valence electrons. The second kappa shape index (κ2) is 7.90. The third-order valence-electron chi connectivity index (χ3n) is 7.07. The minimum Gasteiger partial charge on any atom is -0.0622 e. The Hall–Kier alpha value is -3.90. The summed E-state index contributed by atoms with van der Waals surface area (Å²) in [7, 11) is 0. The van der Waals surface area contributed by atoms with Gasteiger partial charge in [0, 0.05) is 0 Å². The molecule has 33 heavy (non-hydrogen) atoms. The summed E-state index contributed by atoms with van der Waals surface area (Å²) in [5.74, 6) is 0. The van der Waals surface area contributed by atoms with E-state index in [1.165, 1.54) is 50.1 Å². The van der Waals surface area contributed by atoms with Crippen LogP contribution in [0.5, 0.6) is 0 Å². The molecule has 0 aromatic heterocycles. The third-order valence-corrected chi connectivity index (χ3v) is 7.07. The van der Waals surface area contributed by atoms with Crippen molar-refractivity contribution in [1.29, 1.82) is 0 Å². The highest BCUT2D eigenvalue weighted by Gasteiger charge is 2.45. The Morgan fingerprint density at radius 1 is 0.455 bits per heavy atom. The van der Waals surface area contributed by atoms with Gasteiger partial charge in [0.1, 0.15) is 0 Å². The molecule has 0 amide bonds. The standard InChI is InChI=1S/C33H26/c1-24-15-17-25(18-16-24)23-26-19-21-28(22-20-26)33(27-9-3-2-4-10-27)31-13-7-5-11-29(31)30-12-6-8-14-32(30)33/h2-22H,23H2,1H3. The highest BCUT2D eigenvalue weighted by Crippen LogP contribution is 2.55. The topological polar surface area (TPSA) is 0 Å². The van der Waals surface area contributed by atoms with E-state index >= 15 is 0 Å². The van der Waals surface area contributed by atoms with Gasteiger partial charge in [0.15, 0.2) is 0 Å². The lowest BCUT2D eigenvalue weighted by Crippen LogP contribution is -2.28. The molecule has 0 atom stereocenters. The molecule has 0 saturated carbocycles. The molecule has 0 saturated heterocycles. The average Bonchev–Trinajstić information content (AvgIpc) is 3.18. The molecule has 1 aliphatic rings. The Morgan fingerprint density at radius 2 is 0.909 bits per heavy atom. The zero-order valence-corrected chi connectivity index (χ0v) is 18.8. The van der Waals surface area contributed by atoms with Gasteiger partial charge in [0.05, 0.1) is 5.41 Å². The largest absolute Gasteiger partial charge is 0.0713 e. The molecule has 5 aromatic carbocycles. The Bertz CT molecular complexity index is 1360. The summed E-state index contributed by atoms with van der Waals surface area (Å²) in [6.45, 7) is 2.14. The second-order valence-electron chi connectivity index (χ2n) is 9.07. The quantitative estimate of drug-likeness (QED) is 0.270. The second-order valence-corrected chi connectivity index (χ2v) is 9.07. The SMILES string of the molecule is Cc1ccc(Cc2ccc(C3(c4ccccc4)c4ccccc4-c4ccccc43)cc2)cc1. The Balaban J connectivity index is 1.53. The van der Waals surface area contributed by atoms with E-state index in [0.717, 1.165) is 6.42 Å². The number of rotatable bonds is 4. The van der Waals surface area contributed by atoms with Gasteiger partial charge in [-0.2, -0.15) is 0 Å². The van der Waals surface area contributed by atoms with Gasteiger partial charge in [-0.25, -0.2) is 0 Å². The molecule has 0 spiro atoms. The van der Waals surface area contributed by atoms with Crippen LogP contribution in [0.1, 0.15) is 38.9 Å². The summed E-state index contributed by atoms with van der Waals surface area (Å²) in [4.78, 5) is 0. The van der Waals surface area contributed by atoms with Gasteiger partial charge < -0.3 is 0 Å². The van der Waals surface area contributed by atoms with Crippen LogP contribution in [-0.2, 0) is 11.8 Å². The Kier molecular flexibility index (Phi) is 4.73. The van der Waals surface area contributed by atoms with E-state index in [4.69, 9.17) is 0 Å². The van der Waals surface area contributed by atoms with E-state index in [-0.39, 0.29) is 5.41 Å². The molecule has 0 heteroatoms. The van der Waals surface area contributed by atoms with Crippen molar-refractivity contribution in [2.24, 2.45) is 0 Å². The van der Waals surface area contributed by atoms with Crippen LogP contribution in [0.3, 0.4) is 0 Å². The van der Waals surface area contributed by atoms with E-state index in [1.807, 2.05) is 0 Å². The maximum Gasteiger partial charge on any atom is 0.0713 e. The monoisotopic (exact) mass is 422 g/mol. The molecule has 0 nitrogen and oxygen atoms in total. The van der Waals surface area contributed by atoms with Crippen LogP contribution in [0, 0.1) is 6.92 Å². The van der Waals surface area contributed by atoms with Crippen molar-refractivity contribution in [1.82, 2.24) is 0 Å². The van der Waals surface area contributed by atoms with Gasteiger partial charge >= 0.3 is 0 Å². The van der Waals surface area contributed by atoms with Crippen molar-refractivity contribution in [3.63, 3.8) is 0 Å². The first kappa shape index (κ1) is 19.8. The third kappa shape index (κ3) is 3.14. The fraction of sp³-hybridized carbons (Fsp3) is 0.0909. The molecule has 0 N–H and O–H groups in total. The lowest BCUT2D eigenvalue weighted by Gasteiger charge is -2.34. The van der Waals surface area contributed by atoms with Crippen LogP contribution in [0.2, 0.25) is 0 Å². The maximum atomic E-state index is 2.34. The molecular weight excluding hydrogens is 396 g/mol.